The van der Waals surface area contributed by atoms with Crippen molar-refractivity contribution >= 4 is 35.8 Å². The molecule has 2 aromatic rings. The van der Waals surface area contributed by atoms with Gasteiger partial charge in [-0.05, 0) is 19.1 Å². The molecule has 2 heterocycles. The van der Waals surface area contributed by atoms with Crippen LogP contribution in [0.3, 0.4) is 0 Å². The highest BCUT2D eigenvalue weighted by Crippen LogP contribution is 1.98. The number of carbonyl (C=O) groups excluding carboxylic acids is 1. The van der Waals surface area contributed by atoms with E-state index in [-0.39, 0.29) is 36.4 Å². The van der Waals surface area contributed by atoms with Crippen molar-refractivity contribution < 1.29 is 9.21 Å². The number of aryl methyl sites for hydroxylation is 1. The van der Waals surface area contributed by atoms with Gasteiger partial charge in [0.1, 0.15) is 24.5 Å². The molecule has 3 N–H and O–H groups in total. The SMILES string of the molecule is CCNC(=NCC(=O)NCc1ccco1)NCCn1cnnc1CC.I. The predicted molar refractivity (Wildman–Crippen MR) is 109 cm³/mol. The summed E-state index contributed by atoms with van der Waals surface area (Å²) in [6, 6.07) is 3.59. The molecule has 0 atom stereocenters. The number of aliphatic imine (C=N–C) groups is 1. The summed E-state index contributed by atoms with van der Waals surface area (Å²) in [5.41, 5.74) is 0. The average molecular weight is 475 g/mol. The van der Waals surface area contributed by atoms with Gasteiger partial charge in [0, 0.05) is 26.1 Å². The smallest absolute Gasteiger partial charge is 0.242 e. The molecule has 0 spiro atoms. The van der Waals surface area contributed by atoms with E-state index in [1.54, 1.807) is 18.7 Å². The summed E-state index contributed by atoms with van der Waals surface area (Å²) in [5.74, 6) is 2.09. The van der Waals surface area contributed by atoms with Crippen LogP contribution in [-0.2, 0) is 24.3 Å². The van der Waals surface area contributed by atoms with Gasteiger partial charge < -0.3 is 24.9 Å². The first-order chi connectivity index (χ1) is 12.2. The van der Waals surface area contributed by atoms with Crippen LogP contribution in [0.25, 0.3) is 0 Å². The highest BCUT2D eigenvalue weighted by atomic mass is 127. The van der Waals surface area contributed by atoms with Gasteiger partial charge in [-0.25, -0.2) is 4.99 Å². The van der Waals surface area contributed by atoms with Crippen LogP contribution in [0, 0.1) is 0 Å². The number of amides is 1. The second-order valence-corrected chi connectivity index (χ2v) is 5.27. The number of furan rings is 1. The van der Waals surface area contributed by atoms with E-state index in [4.69, 9.17) is 4.42 Å². The summed E-state index contributed by atoms with van der Waals surface area (Å²) in [4.78, 5) is 16.1. The molecule has 0 aromatic carbocycles. The molecule has 0 radical (unpaired) electrons. The Bertz CT molecular complexity index is 670. The molecule has 144 valence electrons. The molecule has 2 aromatic heterocycles. The van der Waals surface area contributed by atoms with Crippen molar-refractivity contribution in [1.29, 1.82) is 0 Å². The third-order valence-corrected chi connectivity index (χ3v) is 3.42. The van der Waals surface area contributed by atoms with Gasteiger partial charge in [0.25, 0.3) is 0 Å². The highest BCUT2D eigenvalue weighted by Gasteiger charge is 2.05. The Morgan fingerprint density at radius 1 is 1.31 bits per heavy atom. The zero-order chi connectivity index (χ0) is 17.9. The van der Waals surface area contributed by atoms with Crippen LogP contribution in [0.1, 0.15) is 25.4 Å². The second-order valence-electron chi connectivity index (χ2n) is 5.27. The van der Waals surface area contributed by atoms with E-state index in [1.165, 1.54) is 0 Å². The third-order valence-electron chi connectivity index (χ3n) is 3.42. The summed E-state index contributed by atoms with van der Waals surface area (Å²) in [6.07, 6.45) is 4.13. The standard InChI is InChI=1S/C16H25N7O2.HI/c1-3-14-22-21-12-23(14)8-7-18-16(17-4-2)20-11-15(24)19-10-13-6-5-9-25-13;/h5-6,9,12H,3-4,7-8,10-11H2,1-2H3,(H,19,24)(H2,17,18,20);1H. The zero-order valence-corrected chi connectivity index (χ0v) is 17.4. The fourth-order valence-electron chi connectivity index (χ4n) is 2.18. The maximum atomic E-state index is 11.9. The Balaban J connectivity index is 0.00000338. The molecule has 0 unspecified atom stereocenters. The molecule has 1 amide bonds. The fourth-order valence-corrected chi connectivity index (χ4v) is 2.18. The lowest BCUT2D eigenvalue weighted by Crippen LogP contribution is -2.40. The monoisotopic (exact) mass is 475 g/mol. The lowest BCUT2D eigenvalue weighted by molar-refractivity contribution is -0.119. The average Bonchev–Trinajstić information content (AvgIpc) is 3.29. The fraction of sp³-hybridized carbons (Fsp3) is 0.500. The predicted octanol–water partition coefficient (Wildman–Crippen LogP) is 0.923. The van der Waals surface area contributed by atoms with Crippen LogP contribution in [-0.4, -0.2) is 46.3 Å². The van der Waals surface area contributed by atoms with Crippen LogP contribution < -0.4 is 16.0 Å². The normalized spacial score (nSPS) is 10.9. The molecule has 0 saturated carbocycles. The van der Waals surface area contributed by atoms with Crippen molar-refractivity contribution in [3.8, 4) is 0 Å². The molecule has 0 aliphatic heterocycles. The first-order valence-corrected chi connectivity index (χ1v) is 8.40. The third kappa shape index (κ3) is 7.42. The first kappa shape index (κ1) is 21.9. The topological polar surface area (TPSA) is 109 Å². The number of rotatable bonds is 9. The van der Waals surface area contributed by atoms with Gasteiger partial charge in [0.2, 0.25) is 5.91 Å². The molecule has 9 nitrogen and oxygen atoms in total. The van der Waals surface area contributed by atoms with Gasteiger partial charge in [-0.15, -0.1) is 34.2 Å². The lowest BCUT2D eigenvalue weighted by Gasteiger charge is -2.12. The highest BCUT2D eigenvalue weighted by molar-refractivity contribution is 14.0. The Labute approximate surface area is 170 Å². The number of aromatic nitrogens is 3. The van der Waals surface area contributed by atoms with Crippen LogP contribution in [0.2, 0.25) is 0 Å². The molecule has 10 heteroatoms. The molecular formula is C16H26IN7O2. The van der Waals surface area contributed by atoms with Gasteiger partial charge in [0.05, 0.1) is 12.8 Å². The zero-order valence-electron chi connectivity index (χ0n) is 15.1. The number of carbonyl (C=O) groups is 1. The first-order valence-electron chi connectivity index (χ1n) is 8.40. The molecule has 0 fully saturated rings. The maximum Gasteiger partial charge on any atom is 0.242 e. The van der Waals surface area contributed by atoms with E-state index in [1.807, 2.05) is 24.5 Å². The van der Waals surface area contributed by atoms with E-state index in [2.05, 4.69) is 31.1 Å². The summed E-state index contributed by atoms with van der Waals surface area (Å²) in [7, 11) is 0. The molecule has 26 heavy (non-hydrogen) atoms. The number of guanidine groups is 1. The largest absolute Gasteiger partial charge is 0.467 e. The molecule has 0 aliphatic rings. The number of nitrogens with zero attached hydrogens (tertiary/aromatic N) is 4. The van der Waals surface area contributed by atoms with Crippen molar-refractivity contribution in [2.24, 2.45) is 4.99 Å². The minimum atomic E-state index is -0.166. The minimum Gasteiger partial charge on any atom is -0.467 e. The van der Waals surface area contributed by atoms with Gasteiger partial charge in [-0.1, -0.05) is 6.92 Å². The quantitative estimate of drug-likeness (QED) is 0.283. The Kier molecular flexibility index (Phi) is 10.4. The number of hydrogen-bond acceptors (Lipinski definition) is 5. The van der Waals surface area contributed by atoms with Crippen molar-refractivity contribution in [3.05, 3.63) is 36.3 Å². The van der Waals surface area contributed by atoms with Gasteiger partial charge in [-0.3, -0.25) is 4.79 Å². The number of hydrogen-bond donors (Lipinski definition) is 3. The second kappa shape index (κ2) is 12.3. The van der Waals surface area contributed by atoms with E-state index < -0.39 is 0 Å². The van der Waals surface area contributed by atoms with E-state index in [0.29, 0.717) is 31.4 Å². The lowest BCUT2D eigenvalue weighted by atomic mass is 10.4. The molecule has 2 rings (SSSR count). The Hall–Kier alpha value is -2.11. The number of halogens is 1. The molecule has 0 aliphatic carbocycles. The minimum absolute atomic E-state index is 0. The Morgan fingerprint density at radius 2 is 2.15 bits per heavy atom. The van der Waals surface area contributed by atoms with Crippen molar-refractivity contribution in [3.63, 3.8) is 0 Å². The van der Waals surface area contributed by atoms with Crippen LogP contribution in [0.15, 0.2) is 34.1 Å². The van der Waals surface area contributed by atoms with Crippen molar-refractivity contribution in [1.82, 2.24) is 30.7 Å². The van der Waals surface area contributed by atoms with Gasteiger partial charge >= 0.3 is 0 Å². The van der Waals surface area contributed by atoms with Gasteiger partial charge in [0.15, 0.2) is 5.96 Å². The number of nitrogens with one attached hydrogen (secondary N) is 3. The van der Waals surface area contributed by atoms with Crippen LogP contribution in [0.4, 0.5) is 0 Å². The maximum absolute atomic E-state index is 11.9. The summed E-state index contributed by atoms with van der Waals surface area (Å²) < 4.78 is 7.16. The van der Waals surface area contributed by atoms with E-state index >= 15 is 0 Å². The van der Waals surface area contributed by atoms with Gasteiger partial charge in [-0.2, -0.15) is 0 Å². The Morgan fingerprint density at radius 3 is 2.85 bits per heavy atom. The summed E-state index contributed by atoms with van der Waals surface area (Å²) in [6.45, 7) is 6.52. The van der Waals surface area contributed by atoms with Crippen molar-refractivity contribution in [2.45, 2.75) is 33.4 Å². The van der Waals surface area contributed by atoms with Crippen LogP contribution >= 0.6 is 24.0 Å². The summed E-state index contributed by atoms with van der Waals surface area (Å²) in [5, 5.41) is 17.0. The van der Waals surface area contributed by atoms with E-state index in [9.17, 15) is 4.79 Å². The van der Waals surface area contributed by atoms with Crippen LogP contribution in [0.5, 0.6) is 0 Å². The summed E-state index contributed by atoms with van der Waals surface area (Å²) >= 11 is 0. The molecule has 0 saturated heterocycles. The molecule has 0 bridgehead atoms. The molecular weight excluding hydrogens is 449 g/mol. The van der Waals surface area contributed by atoms with E-state index in [0.717, 1.165) is 18.8 Å². The van der Waals surface area contributed by atoms with Crippen molar-refractivity contribution in [2.75, 3.05) is 19.6 Å².